The van der Waals surface area contributed by atoms with Crippen LogP contribution in [0.3, 0.4) is 0 Å². The quantitative estimate of drug-likeness (QED) is 0.174. The number of anilines is 1. The molecule has 47 heavy (non-hydrogen) atoms. The Balaban J connectivity index is 1.81. The monoisotopic (exact) mass is 657 g/mol. The minimum atomic E-state index is -4.30. The van der Waals surface area contributed by atoms with Crippen molar-refractivity contribution in [1.82, 2.24) is 10.2 Å². The van der Waals surface area contributed by atoms with Crippen LogP contribution in [-0.4, -0.2) is 58.0 Å². The third-order valence-corrected chi connectivity index (χ3v) is 9.74. The number of para-hydroxylation sites is 1. The number of nitrogens with one attached hydrogen (secondary N) is 1. The van der Waals surface area contributed by atoms with Gasteiger partial charge in [0.05, 0.1) is 24.8 Å². The Bertz CT molecular complexity index is 1750. The number of aryl methyl sites for hydroxylation is 1. The Morgan fingerprint density at radius 1 is 0.809 bits per heavy atom. The largest absolute Gasteiger partial charge is 0.493 e. The predicted octanol–water partition coefficient (Wildman–Crippen LogP) is 5.76. The van der Waals surface area contributed by atoms with Crippen LogP contribution in [0.1, 0.15) is 37.0 Å². The molecule has 4 aromatic rings. The van der Waals surface area contributed by atoms with Gasteiger partial charge in [-0.25, -0.2) is 8.42 Å². The van der Waals surface area contributed by atoms with Crippen LogP contribution in [0.15, 0.2) is 108 Å². The van der Waals surface area contributed by atoms with Crippen molar-refractivity contribution in [3.63, 3.8) is 0 Å². The van der Waals surface area contributed by atoms with Crippen LogP contribution >= 0.6 is 0 Å². The summed E-state index contributed by atoms with van der Waals surface area (Å²) in [5, 5.41) is 3.06. The zero-order valence-corrected chi connectivity index (χ0v) is 28.4. The van der Waals surface area contributed by atoms with Crippen LogP contribution in [0, 0.1) is 6.92 Å². The molecule has 0 bridgehead atoms. The average Bonchev–Trinajstić information content (AvgIpc) is 3.08. The maximum atomic E-state index is 14.6. The van der Waals surface area contributed by atoms with Crippen molar-refractivity contribution in [2.24, 2.45) is 0 Å². The number of sulfonamides is 1. The van der Waals surface area contributed by atoms with Gasteiger partial charge in [0.1, 0.15) is 12.6 Å². The van der Waals surface area contributed by atoms with Crippen molar-refractivity contribution in [3.05, 3.63) is 120 Å². The summed E-state index contributed by atoms with van der Waals surface area (Å²) in [5.74, 6) is -0.231. The van der Waals surface area contributed by atoms with E-state index >= 15 is 0 Å². The van der Waals surface area contributed by atoms with Crippen molar-refractivity contribution in [1.29, 1.82) is 0 Å². The molecular weight excluding hydrogens is 614 g/mol. The van der Waals surface area contributed by atoms with E-state index in [-0.39, 0.29) is 35.6 Å². The number of ether oxygens (including phenoxy) is 2. The Kier molecular flexibility index (Phi) is 12.0. The third-order valence-electron chi connectivity index (χ3n) is 7.97. The summed E-state index contributed by atoms with van der Waals surface area (Å²) in [6, 6.07) is 28.9. The molecule has 0 fully saturated rings. The second kappa shape index (κ2) is 16.1. The SMILES string of the molecule is CC[C@H](C)NC(=O)[C@H](Cc1ccccc1)N(Cc1cccc(C)c1)C(=O)CN(c1ccccc1)S(=O)(=O)c1ccc(OC)c(OC)c1. The highest BCUT2D eigenvalue weighted by molar-refractivity contribution is 7.92. The van der Waals surface area contributed by atoms with Crippen molar-refractivity contribution >= 4 is 27.5 Å². The highest BCUT2D eigenvalue weighted by atomic mass is 32.2. The molecule has 0 saturated heterocycles. The van der Waals surface area contributed by atoms with Gasteiger partial charge in [-0.2, -0.15) is 0 Å². The van der Waals surface area contributed by atoms with Gasteiger partial charge in [-0.1, -0.05) is 85.3 Å². The van der Waals surface area contributed by atoms with Gasteiger partial charge in [-0.15, -0.1) is 0 Å². The molecule has 0 aliphatic rings. The molecule has 0 heterocycles. The smallest absolute Gasteiger partial charge is 0.264 e. The standard InChI is InChI=1S/C37H43N3O6S/c1-6-28(3)38-37(42)33(23-29-15-9-7-10-16-29)39(25-30-17-13-14-27(2)22-30)36(41)26-40(31-18-11-8-12-19-31)47(43,44)32-20-21-34(45-4)35(24-32)46-5/h7-22,24,28,33H,6,23,25-26H2,1-5H3,(H,38,42)/t28-,33-/m0/s1. The molecule has 4 aromatic carbocycles. The van der Waals surface area contributed by atoms with Crippen LogP contribution < -0.4 is 19.1 Å². The van der Waals surface area contributed by atoms with Gasteiger partial charge in [0, 0.05) is 25.1 Å². The first-order valence-electron chi connectivity index (χ1n) is 15.6. The molecular formula is C37H43N3O6S. The highest BCUT2D eigenvalue weighted by Crippen LogP contribution is 2.32. The van der Waals surface area contributed by atoms with Crippen LogP contribution in [0.25, 0.3) is 0 Å². The number of nitrogens with zero attached hydrogens (tertiary/aromatic N) is 2. The maximum absolute atomic E-state index is 14.6. The van der Waals surface area contributed by atoms with Crippen LogP contribution in [0.2, 0.25) is 0 Å². The fourth-order valence-corrected chi connectivity index (χ4v) is 6.66. The Hall–Kier alpha value is -4.83. The van der Waals surface area contributed by atoms with Gasteiger partial charge < -0.3 is 19.7 Å². The van der Waals surface area contributed by atoms with E-state index in [1.54, 1.807) is 30.3 Å². The Morgan fingerprint density at radius 3 is 2.06 bits per heavy atom. The van der Waals surface area contributed by atoms with E-state index in [0.717, 1.165) is 21.0 Å². The number of carbonyl (C=O) groups is 2. The lowest BCUT2D eigenvalue weighted by Crippen LogP contribution is -2.54. The van der Waals surface area contributed by atoms with Crippen molar-refractivity contribution in [3.8, 4) is 11.5 Å². The van der Waals surface area contributed by atoms with Gasteiger partial charge in [0.25, 0.3) is 10.0 Å². The Morgan fingerprint density at radius 2 is 1.45 bits per heavy atom. The van der Waals surface area contributed by atoms with E-state index in [0.29, 0.717) is 17.9 Å². The zero-order chi connectivity index (χ0) is 34.0. The maximum Gasteiger partial charge on any atom is 0.264 e. The molecule has 0 spiro atoms. The first-order valence-corrected chi connectivity index (χ1v) is 17.0. The Labute approximate surface area is 278 Å². The van der Waals surface area contributed by atoms with E-state index in [2.05, 4.69) is 5.32 Å². The van der Waals surface area contributed by atoms with Gasteiger partial charge in [0.2, 0.25) is 11.8 Å². The first kappa shape index (κ1) is 35.0. The summed E-state index contributed by atoms with van der Waals surface area (Å²) in [6.07, 6.45) is 0.954. The van der Waals surface area contributed by atoms with Gasteiger partial charge >= 0.3 is 0 Å². The fourth-order valence-electron chi connectivity index (χ4n) is 5.23. The highest BCUT2D eigenvalue weighted by Gasteiger charge is 2.35. The van der Waals surface area contributed by atoms with E-state index in [1.165, 1.54) is 37.3 Å². The summed E-state index contributed by atoms with van der Waals surface area (Å²) in [5.41, 5.74) is 2.99. The molecule has 0 aliphatic carbocycles. The molecule has 9 nitrogen and oxygen atoms in total. The summed E-state index contributed by atoms with van der Waals surface area (Å²) in [7, 11) is -1.41. The topological polar surface area (TPSA) is 105 Å². The van der Waals surface area contributed by atoms with E-state index < -0.39 is 28.5 Å². The predicted molar refractivity (Wildman–Crippen MR) is 184 cm³/mol. The molecule has 4 rings (SSSR count). The fraction of sp³-hybridized carbons (Fsp3) is 0.297. The molecule has 0 unspecified atom stereocenters. The third kappa shape index (κ3) is 8.92. The lowest BCUT2D eigenvalue weighted by Gasteiger charge is -2.34. The summed E-state index contributed by atoms with van der Waals surface area (Å²) in [6.45, 7) is 5.40. The summed E-state index contributed by atoms with van der Waals surface area (Å²) < 4.78 is 40.4. The molecule has 248 valence electrons. The van der Waals surface area contributed by atoms with Crippen molar-refractivity contribution < 1.29 is 27.5 Å². The molecule has 0 saturated carbocycles. The van der Waals surface area contributed by atoms with Crippen LogP contribution in [0.4, 0.5) is 5.69 Å². The lowest BCUT2D eigenvalue weighted by atomic mass is 10.0. The number of benzene rings is 4. The summed E-state index contributed by atoms with van der Waals surface area (Å²) >= 11 is 0. The molecule has 0 aromatic heterocycles. The van der Waals surface area contributed by atoms with E-state index in [4.69, 9.17) is 9.47 Å². The minimum Gasteiger partial charge on any atom is -0.493 e. The molecule has 2 atom stereocenters. The lowest BCUT2D eigenvalue weighted by molar-refractivity contribution is -0.140. The number of hydrogen-bond donors (Lipinski definition) is 1. The number of carbonyl (C=O) groups excluding carboxylic acids is 2. The first-order chi connectivity index (χ1) is 22.6. The molecule has 2 amide bonds. The molecule has 1 N–H and O–H groups in total. The summed E-state index contributed by atoms with van der Waals surface area (Å²) in [4.78, 5) is 30.0. The molecule has 0 aliphatic heterocycles. The number of hydrogen-bond acceptors (Lipinski definition) is 6. The molecule has 0 radical (unpaired) electrons. The van der Waals surface area contributed by atoms with Crippen molar-refractivity contribution in [2.75, 3.05) is 25.1 Å². The normalized spacial score (nSPS) is 12.4. The van der Waals surface area contributed by atoms with Crippen LogP contribution in [0.5, 0.6) is 11.5 Å². The molecule has 10 heteroatoms. The van der Waals surface area contributed by atoms with Gasteiger partial charge in [0.15, 0.2) is 11.5 Å². The van der Waals surface area contributed by atoms with E-state index in [9.17, 15) is 18.0 Å². The number of amides is 2. The number of rotatable bonds is 15. The minimum absolute atomic E-state index is 0.0765. The second-order valence-electron chi connectivity index (χ2n) is 11.4. The van der Waals surface area contributed by atoms with Crippen molar-refractivity contribution in [2.45, 2.75) is 57.1 Å². The van der Waals surface area contributed by atoms with E-state index in [1.807, 2.05) is 75.4 Å². The van der Waals surface area contributed by atoms with Crippen LogP contribution in [-0.2, 0) is 32.6 Å². The van der Waals surface area contributed by atoms with Gasteiger partial charge in [-0.05, 0) is 55.7 Å². The second-order valence-corrected chi connectivity index (χ2v) is 13.3. The zero-order valence-electron chi connectivity index (χ0n) is 27.6. The number of methoxy groups -OCH3 is 2. The van der Waals surface area contributed by atoms with Gasteiger partial charge in [-0.3, -0.25) is 13.9 Å². The average molecular weight is 658 g/mol.